The normalized spacial score (nSPS) is 25.9. The second-order valence-corrected chi connectivity index (χ2v) is 6.43. The number of fused-ring (bicyclic) bond motifs is 1. The van der Waals surface area contributed by atoms with Crippen LogP contribution in [-0.2, 0) is 16.1 Å². The van der Waals surface area contributed by atoms with Crippen molar-refractivity contribution in [2.75, 3.05) is 19.6 Å². The van der Waals surface area contributed by atoms with E-state index in [1.807, 2.05) is 0 Å². The van der Waals surface area contributed by atoms with Crippen molar-refractivity contribution >= 4 is 11.8 Å². The molecule has 2 saturated heterocycles. The van der Waals surface area contributed by atoms with Gasteiger partial charge < -0.3 is 10.2 Å². The van der Waals surface area contributed by atoms with Gasteiger partial charge >= 0.3 is 0 Å². The summed E-state index contributed by atoms with van der Waals surface area (Å²) in [5, 5.41) is 2.77. The zero-order valence-corrected chi connectivity index (χ0v) is 13.4. The summed E-state index contributed by atoms with van der Waals surface area (Å²) < 4.78 is 0. The van der Waals surface area contributed by atoms with Gasteiger partial charge in [-0.1, -0.05) is 18.2 Å². The fraction of sp³-hybridized carbons (Fsp3) is 0.529. The number of aryl methyl sites for hydroxylation is 2. The lowest BCUT2D eigenvalue weighted by molar-refractivity contribution is -0.152. The second-order valence-electron chi connectivity index (χ2n) is 6.43. The molecule has 5 nitrogen and oxygen atoms in total. The molecule has 0 spiro atoms. The van der Waals surface area contributed by atoms with Crippen LogP contribution in [0.5, 0.6) is 0 Å². The molecule has 2 heterocycles. The van der Waals surface area contributed by atoms with E-state index >= 15 is 0 Å². The molecule has 0 aliphatic carbocycles. The summed E-state index contributed by atoms with van der Waals surface area (Å²) in [5.74, 6) is 0.00678. The maximum absolute atomic E-state index is 12.1. The molecule has 0 radical (unpaired) electrons. The van der Waals surface area contributed by atoms with Crippen molar-refractivity contribution in [2.24, 2.45) is 0 Å². The molecule has 0 unspecified atom stereocenters. The van der Waals surface area contributed by atoms with Crippen LogP contribution in [0.25, 0.3) is 0 Å². The number of hydrogen-bond donors (Lipinski definition) is 1. The van der Waals surface area contributed by atoms with Crippen LogP contribution in [-0.4, -0.2) is 53.3 Å². The van der Waals surface area contributed by atoms with Gasteiger partial charge in [-0.25, -0.2) is 0 Å². The van der Waals surface area contributed by atoms with Crippen molar-refractivity contribution in [1.29, 1.82) is 0 Å². The van der Waals surface area contributed by atoms with Crippen molar-refractivity contribution in [3.63, 3.8) is 0 Å². The summed E-state index contributed by atoms with van der Waals surface area (Å²) in [7, 11) is 0. The molecule has 0 bridgehead atoms. The maximum Gasteiger partial charge on any atom is 0.245 e. The first-order valence-corrected chi connectivity index (χ1v) is 7.85. The topological polar surface area (TPSA) is 52.6 Å². The van der Waals surface area contributed by atoms with Crippen LogP contribution in [0.1, 0.15) is 23.6 Å². The van der Waals surface area contributed by atoms with Crippen LogP contribution in [0.15, 0.2) is 18.2 Å². The van der Waals surface area contributed by atoms with Gasteiger partial charge in [0.05, 0.1) is 0 Å². The molecule has 1 aromatic carbocycles. The van der Waals surface area contributed by atoms with Gasteiger partial charge in [0.25, 0.3) is 0 Å². The maximum atomic E-state index is 12.1. The summed E-state index contributed by atoms with van der Waals surface area (Å²) in [4.78, 5) is 28.3. The molecule has 22 heavy (non-hydrogen) atoms. The number of rotatable bonds is 2. The monoisotopic (exact) mass is 301 g/mol. The summed E-state index contributed by atoms with van der Waals surface area (Å²) >= 11 is 0. The highest BCUT2D eigenvalue weighted by atomic mass is 16.2. The molecule has 5 heteroatoms. The molecule has 2 fully saturated rings. The van der Waals surface area contributed by atoms with E-state index in [1.165, 1.54) is 16.7 Å². The SMILES string of the molecule is Cc1ccc(CN2CCN3C(=O)[C@H](C)NC(=O)[C@H]3C2)cc1C. The minimum Gasteiger partial charge on any atom is -0.343 e. The van der Waals surface area contributed by atoms with E-state index in [-0.39, 0.29) is 17.9 Å². The van der Waals surface area contributed by atoms with Crippen molar-refractivity contribution < 1.29 is 9.59 Å². The van der Waals surface area contributed by atoms with E-state index in [2.05, 4.69) is 42.3 Å². The predicted molar refractivity (Wildman–Crippen MR) is 84.3 cm³/mol. The van der Waals surface area contributed by atoms with Gasteiger partial charge in [-0.2, -0.15) is 0 Å². The summed E-state index contributed by atoms with van der Waals surface area (Å²) in [6.45, 7) is 8.85. The first-order chi connectivity index (χ1) is 10.5. The van der Waals surface area contributed by atoms with E-state index in [0.717, 1.165) is 13.1 Å². The molecule has 2 atom stereocenters. The Balaban J connectivity index is 1.70. The number of nitrogens with one attached hydrogen (secondary N) is 1. The van der Waals surface area contributed by atoms with Crippen LogP contribution < -0.4 is 5.32 Å². The number of benzene rings is 1. The average molecular weight is 301 g/mol. The molecule has 118 valence electrons. The van der Waals surface area contributed by atoms with Gasteiger partial charge in [0.2, 0.25) is 11.8 Å². The third kappa shape index (κ3) is 2.73. The lowest BCUT2D eigenvalue weighted by Gasteiger charge is -2.44. The molecule has 0 saturated carbocycles. The first-order valence-electron chi connectivity index (χ1n) is 7.85. The van der Waals surface area contributed by atoms with Crippen molar-refractivity contribution in [3.05, 3.63) is 34.9 Å². The number of hydrogen-bond acceptors (Lipinski definition) is 3. The minimum absolute atomic E-state index is 0.0307. The fourth-order valence-electron chi connectivity index (χ4n) is 3.25. The highest BCUT2D eigenvalue weighted by molar-refractivity contribution is 5.97. The zero-order valence-electron chi connectivity index (χ0n) is 13.4. The largest absolute Gasteiger partial charge is 0.343 e. The van der Waals surface area contributed by atoms with Gasteiger partial charge in [0, 0.05) is 26.2 Å². The average Bonchev–Trinajstić information content (AvgIpc) is 2.49. The molecular weight excluding hydrogens is 278 g/mol. The molecule has 1 N–H and O–H groups in total. The third-order valence-electron chi connectivity index (χ3n) is 4.76. The Morgan fingerprint density at radius 1 is 1.18 bits per heavy atom. The van der Waals surface area contributed by atoms with Gasteiger partial charge in [-0.3, -0.25) is 14.5 Å². The van der Waals surface area contributed by atoms with Crippen LogP contribution >= 0.6 is 0 Å². The van der Waals surface area contributed by atoms with Crippen LogP contribution in [0.2, 0.25) is 0 Å². The molecule has 3 rings (SSSR count). The van der Waals surface area contributed by atoms with Gasteiger partial charge in [0.15, 0.2) is 0 Å². The van der Waals surface area contributed by atoms with Gasteiger partial charge in [-0.15, -0.1) is 0 Å². The van der Waals surface area contributed by atoms with Gasteiger partial charge in [0.1, 0.15) is 12.1 Å². The predicted octanol–water partition coefficient (Wildman–Crippen LogP) is 0.835. The highest BCUT2D eigenvalue weighted by Crippen LogP contribution is 2.19. The Morgan fingerprint density at radius 2 is 1.95 bits per heavy atom. The van der Waals surface area contributed by atoms with E-state index in [9.17, 15) is 9.59 Å². The van der Waals surface area contributed by atoms with Crippen LogP contribution in [0.4, 0.5) is 0 Å². The van der Waals surface area contributed by atoms with E-state index < -0.39 is 6.04 Å². The Hall–Kier alpha value is -1.88. The fourth-order valence-corrected chi connectivity index (χ4v) is 3.25. The Kier molecular flexibility index (Phi) is 3.91. The molecule has 2 aliphatic rings. The third-order valence-corrected chi connectivity index (χ3v) is 4.76. The molecule has 2 aliphatic heterocycles. The zero-order chi connectivity index (χ0) is 15.9. The molecular formula is C17H23N3O2. The number of piperazine rings is 2. The smallest absolute Gasteiger partial charge is 0.245 e. The molecule has 0 aromatic heterocycles. The summed E-state index contributed by atoms with van der Waals surface area (Å²) in [5.41, 5.74) is 3.84. The second kappa shape index (κ2) is 5.72. The van der Waals surface area contributed by atoms with E-state index in [4.69, 9.17) is 0 Å². The number of nitrogens with zero attached hydrogens (tertiary/aromatic N) is 2. The van der Waals surface area contributed by atoms with Crippen molar-refractivity contribution in [1.82, 2.24) is 15.1 Å². The van der Waals surface area contributed by atoms with Crippen LogP contribution in [0, 0.1) is 13.8 Å². The summed E-state index contributed by atoms with van der Waals surface area (Å²) in [6, 6.07) is 5.75. The Bertz CT molecular complexity index is 614. The van der Waals surface area contributed by atoms with Crippen LogP contribution in [0.3, 0.4) is 0 Å². The van der Waals surface area contributed by atoms with Gasteiger partial charge in [-0.05, 0) is 37.5 Å². The highest BCUT2D eigenvalue weighted by Gasteiger charge is 2.41. The van der Waals surface area contributed by atoms with E-state index in [0.29, 0.717) is 13.1 Å². The minimum atomic E-state index is -0.393. The number of carbonyl (C=O) groups is 2. The molecule has 1 aromatic rings. The van der Waals surface area contributed by atoms with Crippen molar-refractivity contribution in [2.45, 2.75) is 39.4 Å². The van der Waals surface area contributed by atoms with Crippen molar-refractivity contribution in [3.8, 4) is 0 Å². The lowest BCUT2D eigenvalue weighted by Crippen LogP contribution is -2.68. The quantitative estimate of drug-likeness (QED) is 0.880. The Morgan fingerprint density at radius 3 is 2.68 bits per heavy atom. The van der Waals surface area contributed by atoms with E-state index in [1.54, 1.807) is 11.8 Å². The number of carbonyl (C=O) groups excluding carboxylic acids is 2. The summed E-state index contributed by atoms with van der Waals surface area (Å²) in [6.07, 6.45) is 0. The lowest BCUT2D eigenvalue weighted by atomic mass is 10.0. The standard InChI is InChI=1S/C17H23N3O2/c1-11-4-5-14(8-12(11)2)9-19-6-7-20-15(10-19)16(21)18-13(3)17(20)22/h4-5,8,13,15H,6-7,9-10H2,1-3H3,(H,18,21)/t13-,15+/m0/s1. The Labute approximate surface area is 131 Å². The number of amides is 2. The first kappa shape index (κ1) is 15.0. The molecule has 2 amide bonds.